The van der Waals surface area contributed by atoms with Crippen LogP contribution in [-0.4, -0.2) is 4.98 Å². The number of aryl methyl sites for hydroxylation is 2. The van der Waals surface area contributed by atoms with Crippen LogP contribution >= 0.6 is 12.4 Å². The monoisotopic (exact) mass is 243 g/mol. The first-order valence-corrected chi connectivity index (χ1v) is 5.25. The highest BCUT2D eigenvalue weighted by Gasteiger charge is 2.19. The molecule has 0 atom stereocenters. The Labute approximate surface area is 98.3 Å². The lowest BCUT2D eigenvalue weighted by atomic mass is 9.95. The summed E-state index contributed by atoms with van der Waals surface area (Å²) in [5.74, 6) is -0.674. The lowest BCUT2D eigenvalue weighted by Crippen LogP contribution is -2.00. The number of rotatable bonds is 0. The summed E-state index contributed by atoms with van der Waals surface area (Å²) >= 11 is 0. The predicted octanol–water partition coefficient (Wildman–Crippen LogP) is 3.75. The summed E-state index contributed by atoms with van der Waals surface area (Å²) in [5.41, 5.74) is 2.33. The van der Waals surface area contributed by atoms with Crippen LogP contribution in [0.2, 0.25) is 0 Å². The predicted molar refractivity (Wildman–Crippen MR) is 62.1 cm³/mol. The van der Waals surface area contributed by atoms with Crippen molar-refractivity contribution in [3.8, 4) is 0 Å². The molecule has 0 amide bonds. The summed E-state index contributed by atoms with van der Waals surface area (Å²) in [6.45, 7) is 0. The van der Waals surface area contributed by atoms with Crippen molar-refractivity contribution in [2.45, 2.75) is 25.7 Å². The Morgan fingerprint density at radius 1 is 1.00 bits per heavy atom. The summed E-state index contributed by atoms with van der Waals surface area (Å²) in [4.78, 5) is 3.01. The maximum atomic E-state index is 13.6. The van der Waals surface area contributed by atoms with Crippen molar-refractivity contribution >= 4 is 23.3 Å². The number of aromatic amines is 1. The van der Waals surface area contributed by atoms with Crippen molar-refractivity contribution in [1.82, 2.24) is 4.98 Å². The fourth-order valence-corrected chi connectivity index (χ4v) is 2.44. The highest BCUT2D eigenvalue weighted by molar-refractivity contribution is 5.86. The third kappa shape index (κ3) is 1.50. The second kappa shape index (κ2) is 4.06. The van der Waals surface area contributed by atoms with Gasteiger partial charge in [0, 0.05) is 11.1 Å². The van der Waals surface area contributed by atoms with Crippen molar-refractivity contribution in [1.29, 1.82) is 0 Å². The molecule has 0 aliphatic heterocycles. The molecule has 1 aliphatic carbocycles. The average molecular weight is 244 g/mol. The molecule has 86 valence electrons. The zero-order chi connectivity index (χ0) is 10.4. The Kier molecular flexibility index (Phi) is 2.89. The molecule has 16 heavy (non-hydrogen) atoms. The highest BCUT2D eigenvalue weighted by atomic mass is 35.5. The lowest BCUT2D eigenvalue weighted by Gasteiger charge is -2.10. The maximum absolute atomic E-state index is 13.6. The molecule has 4 heteroatoms. The Morgan fingerprint density at radius 2 is 1.69 bits per heavy atom. The lowest BCUT2D eigenvalue weighted by molar-refractivity contribution is 0.615. The van der Waals surface area contributed by atoms with Gasteiger partial charge in [0.25, 0.3) is 0 Å². The molecule has 1 heterocycles. The number of H-pyrrole nitrogens is 1. The zero-order valence-electron chi connectivity index (χ0n) is 8.65. The van der Waals surface area contributed by atoms with Crippen LogP contribution in [0.15, 0.2) is 12.1 Å². The number of aromatic nitrogens is 1. The summed E-state index contributed by atoms with van der Waals surface area (Å²) in [5, 5.41) is 0.463. The Balaban J connectivity index is 0.000000963. The normalized spacial score (nSPS) is 14.6. The molecule has 0 saturated carbocycles. The fraction of sp³-hybridized carbons (Fsp3) is 0.333. The molecule has 0 bridgehead atoms. The summed E-state index contributed by atoms with van der Waals surface area (Å²) in [7, 11) is 0. The molecule has 0 fully saturated rings. The van der Waals surface area contributed by atoms with Gasteiger partial charge in [0.05, 0.1) is 5.52 Å². The fourth-order valence-electron chi connectivity index (χ4n) is 2.44. The Morgan fingerprint density at radius 3 is 2.50 bits per heavy atom. The van der Waals surface area contributed by atoms with Gasteiger partial charge >= 0.3 is 0 Å². The molecule has 0 spiro atoms. The van der Waals surface area contributed by atoms with Crippen LogP contribution < -0.4 is 0 Å². The first kappa shape index (κ1) is 11.4. The number of fused-ring (bicyclic) bond motifs is 3. The third-order valence-corrected chi connectivity index (χ3v) is 3.15. The van der Waals surface area contributed by atoms with E-state index in [0.29, 0.717) is 10.9 Å². The van der Waals surface area contributed by atoms with E-state index in [0.717, 1.165) is 36.9 Å². The number of hydrogen-bond donors (Lipinski definition) is 1. The van der Waals surface area contributed by atoms with Gasteiger partial charge in [-0.05, 0) is 43.4 Å². The number of nitrogens with one attached hydrogen (secondary N) is 1. The first-order chi connectivity index (χ1) is 7.27. The van der Waals surface area contributed by atoms with Gasteiger partial charge in [-0.15, -0.1) is 12.4 Å². The van der Waals surface area contributed by atoms with Gasteiger partial charge in [0.1, 0.15) is 11.6 Å². The molecular weight excluding hydrogens is 232 g/mol. The van der Waals surface area contributed by atoms with Gasteiger partial charge in [-0.2, -0.15) is 0 Å². The van der Waals surface area contributed by atoms with Crippen molar-refractivity contribution in [2.75, 3.05) is 0 Å². The molecule has 1 aromatic heterocycles. The van der Waals surface area contributed by atoms with E-state index < -0.39 is 0 Å². The largest absolute Gasteiger partial charge is 0.356 e. The van der Waals surface area contributed by atoms with Crippen LogP contribution in [0.1, 0.15) is 24.1 Å². The van der Waals surface area contributed by atoms with Gasteiger partial charge in [-0.1, -0.05) is 0 Å². The SMILES string of the molecule is Cl.Fc1ccc(F)c2c3c([nH]c12)CCCC3. The summed E-state index contributed by atoms with van der Waals surface area (Å²) in [6.07, 6.45) is 3.93. The Bertz CT molecular complexity index is 533. The Hall–Kier alpha value is -1.09. The zero-order valence-corrected chi connectivity index (χ0v) is 9.46. The molecule has 1 nitrogen and oxygen atoms in total. The van der Waals surface area contributed by atoms with E-state index in [1.54, 1.807) is 0 Å². The van der Waals surface area contributed by atoms with Gasteiger partial charge in [-0.25, -0.2) is 8.78 Å². The summed E-state index contributed by atoms with van der Waals surface area (Å²) < 4.78 is 27.1. The van der Waals surface area contributed by atoms with Crippen LogP contribution in [0.25, 0.3) is 10.9 Å². The molecule has 2 aromatic rings. The second-order valence-electron chi connectivity index (χ2n) is 4.07. The van der Waals surface area contributed by atoms with Crippen LogP contribution in [0.4, 0.5) is 8.78 Å². The van der Waals surface area contributed by atoms with Gasteiger partial charge < -0.3 is 4.98 Å². The van der Waals surface area contributed by atoms with Gasteiger partial charge in [-0.3, -0.25) is 0 Å². The van der Waals surface area contributed by atoms with Crippen LogP contribution in [-0.2, 0) is 12.8 Å². The number of hydrogen-bond acceptors (Lipinski definition) is 0. The van der Waals surface area contributed by atoms with Crippen molar-refractivity contribution in [3.63, 3.8) is 0 Å². The van der Waals surface area contributed by atoms with Crippen molar-refractivity contribution < 1.29 is 8.78 Å². The highest BCUT2D eigenvalue weighted by Crippen LogP contribution is 2.31. The smallest absolute Gasteiger partial charge is 0.147 e. The van der Waals surface area contributed by atoms with Crippen LogP contribution in [0, 0.1) is 11.6 Å². The minimum absolute atomic E-state index is 0. The topological polar surface area (TPSA) is 15.8 Å². The number of benzene rings is 1. The van der Waals surface area contributed by atoms with E-state index >= 15 is 0 Å². The van der Waals surface area contributed by atoms with E-state index in [-0.39, 0.29) is 24.0 Å². The van der Waals surface area contributed by atoms with Gasteiger partial charge in [0.2, 0.25) is 0 Å². The summed E-state index contributed by atoms with van der Waals surface area (Å²) in [6, 6.07) is 2.39. The molecular formula is C12H12ClF2N. The molecule has 1 N–H and O–H groups in total. The van der Waals surface area contributed by atoms with E-state index in [1.807, 2.05) is 0 Å². The average Bonchev–Trinajstić information content (AvgIpc) is 2.64. The molecule has 1 aliphatic rings. The third-order valence-electron chi connectivity index (χ3n) is 3.15. The van der Waals surface area contributed by atoms with Crippen molar-refractivity contribution in [3.05, 3.63) is 35.0 Å². The van der Waals surface area contributed by atoms with E-state index in [2.05, 4.69) is 4.98 Å². The molecule has 0 unspecified atom stereocenters. The molecule has 1 aromatic carbocycles. The standard InChI is InChI=1S/C12H11F2N.ClH/c13-8-5-6-9(14)12-11(8)7-3-1-2-4-10(7)15-12;/h5-6,15H,1-4H2;1H. The van der Waals surface area contributed by atoms with E-state index in [9.17, 15) is 8.78 Å². The van der Waals surface area contributed by atoms with Crippen molar-refractivity contribution in [2.24, 2.45) is 0 Å². The number of halogens is 3. The van der Waals surface area contributed by atoms with Crippen LogP contribution in [0.5, 0.6) is 0 Å². The molecule has 3 rings (SSSR count). The first-order valence-electron chi connectivity index (χ1n) is 5.25. The molecule has 0 saturated heterocycles. The minimum atomic E-state index is -0.360. The van der Waals surface area contributed by atoms with E-state index in [1.165, 1.54) is 12.1 Å². The quantitative estimate of drug-likeness (QED) is 0.725. The molecule has 0 radical (unpaired) electrons. The maximum Gasteiger partial charge on any atom is 0.147 e. The van der Waals surface area contributed by atoms with Gasteiger partial charge in [0.15, 0.2) is 0 Å². The minimum Gasteiger partial charge on any atom is -0.356 e. The van der Waals surface area contributed by atoms with Crippen LogP contribution in [0.3, 0.4) is 0 Å². The van der Waals surface area contributed by atoms with E-state index in [4.69, 9.17) is 0 Å². The second-order valence-corrected chi connectivity index (χ2v) is 4.07.